The van der Waals surface area contributed by atoms with E-state index >= 15 is 0 Å². The molecule has 2 bridgehead atoms. The second-order valence-corrected chi connectivity index (χ2v) is 8.00. The van der Waals surface area contributed by atoms with Gasteiger partial charge in [-0.15, -0.1) is 0 Å². The molecule has 0 saturated carbocycles. The lowest BCUT2D eigenvalue weighted by Crippen LogP contribution is -2.48. The van der Waals surface area contributed by atoms with E-state index in [0.717, 1.165) is 0 Å². The van der Waals surface area contributed by atoms with Gasteiger partial charge in [0.25, 0.3) is 0 Å². The molecule has 0 aromatic carbocycles. The van der Waals surface area contributed by atoms with Crippen molar-refractivity contribution in [1.82, 2.24) is 0 Å². The number of aliphatic hydroxyl groups is 1. The maximum Gasteiger partial charge on any atom is 0.506 e. The van der Waals surface area contributed by atoms with Crippen molar-refractivity contribution in [2.75, 3.05) is 0 Å². The Bertz CT molecular complexity index is 322. The van der Waals surface area contributed by atoms with Crippen molar-refractivity contribution in [3.05, 3.63) is 0 Å². The number of fused-ring (bicyclic) bond motifs is 2. The van der Waals surface area contributed by atoms with Crippen LogP contribution in [0.4, 0.5) is 0 Å². The van der Waals surface area contributed by atoms with Crippen LogP contribution in [0.3, 0.4) is 0 Å². The second-order valence-electron chi connectivity index (χ2n) is 4.93. The van der Waals surface area contributed by atoms with Crippen molar-refractivity contribution in [2.24, 2.45) is 5.92 Å². The fraction of sp³-hybridized carbons (Fsp3) is 0.900. The molecule has 2 aliphatic heterocycles. The lowest BCUT2D eigenvalue weighted by atomic mass is 9.96. The quantitative estimate of drug-likeness (QED) is 0.708. The molecule has 0 spiro atoms. The third kappa shape index (κ3) is 2.13. The zero-order chi connectivity index (χ0) is 12.8. The normalized spacial score (nSPS) is 45.9. The van der Waals surface area contributed by atoms with E-state index in [4.69, 9.17) is 18.4 Å². The smallest absolute Gasteiger partial charge is 0.481 e. The van der Waals surface area contributed by atoms with Crippen LogP contribution >= 0.6 is 0 Å². The van der Waals surface area contributed by atoms with Gasteiger partial charge in [-0.1, -0.05) is 13.8 Å². The van der Waals surface area contributed by atoms with Gasteiger partial charge in [0, 0.05) is 5.54 Å². The summed E-state index contributed by atoms with van der Waals surface area (Å²) in [5.74, 6) is -1.58. The molecule has 0 amide bonds. The summed E-state index contributed by atoms with van der Waals surface area (Å²) < 4.78 is 16.9. The first-order valence-electron chi connectivity index (χ1n) is 5.80. The van der Waals surface area contributed by atoms with Crippen molar-refractivity contribution in [3.8, 4) is 0 Å². The van der Waals surface area contributed by atoms with Crippen LogP contribution in [0.15, 0.2) is 0 Å². The van der Waals surface area contributed by atoms with E-state index in [2.05, 4.69) is 0 Å². The van der Waals surface area contributed by atoms with E-state index in [1.54, 1.807) is 6.92 Å². The second kappa shape index (κ2) is 4.32. The van der Waals surface area contributed by atoms with Crippen LogP contribution in [0.25, 0.3) is 0 Å². The first-order valence-corrected chi connectivity index (χ1v) is 7.60. The molecule has 0 aromatic rings. The molecule has 2 fully saturated rings. The van der Waals surface area contributed by atoms with Gasteiger partial charge in [0.05, 0.1) is 12.0 Å². The summed E-state index contributed by atoms with van der Waals surface area (Å²) in [6, 6.07) is 0. The van der Waals surface area contributed by atoms with E-state index in [1.165, 1.54) is 0 Å². The van der Waals surface area contributed by atoms with Gasteiger partial charge in [-0.05, 0) is 13.3 Å². The van der Waals surface area contributed by atoms with Crippen LogP contribution in [0.2, 0.25) is 5.54 Å². The summed E-state index contributed by atoms with van der Waals surface area (Å²) in [4.78, 5) is 11.1. The molecule has 6 nitrogen and oxygen atoms in total. The molecule has 2 rings (SSSR count). The van der Waals surface area contributed by atoms with Crippen molar-refractivity contribution < 1.29 is 28.3 Å². The average Bonchev–Trinajstić information content (AvgIpc) is 2.41. The Morgan fingerprint density at radius 2 is 2.00 bits per heavy atom. The molecule has 0 aromatic heterocycles. The summed E-state index contributed by atoms with van der Waals surface area (Å²) >= 11 is 0. The molecule has 2 N–H and O–H groups in total. The maximum absolute atomic E-state index is 11.1. The summed E-state index contributed by atoms with van der Waals surface area (Å²) in [7, 11) is -2.94. The number of carboxylic acid groups (broad SMARTS) is 1. The van der Waals surface area contributed by atoms with E-state index in [0.29, 0.717) is 0 Å². The Kier molecular flexibility index (Phi) is 3.30. The first-order chi connectivity index (χ1) is 7.85. The highest BCUT2D eigenvalue weighted by Crippen LogP contribution is 2.41. The van der Waals surface area contributed by atoms with E-state index in [1.807, 2.05) is 13.8 Å². The molecular formula is C10H18O6Si. The molecule has 5 atom stereocenters. The molecule has 5 unspecified atom stereocenters. The van der Waals surface area contributed by atoms with Crippen molar-refractivity contribution in [3.63, 3.8) is 0 Å². The Labute approximate surface area is 101 Å². The SMILES string of the molecule is CC1O[Si]2(C(C)C)OC(O)C(CC1C(=O)O)O2. The standard InChI is InChI=1S/C10H18O6Si/c1-5(2)17-14-6(3)7(9(11)12)4-8(15-17)10(13)16-17/h5-8,10,13H,4H2,1-3H3,(H,11,12). The lowest BCUT2D eigenvalue weighted by molar-refractivity contribution is -0.148. The van der Waals surface area contributed by atoms with Crippen LogP contribution in [-0.2, 0) is 18.1 Å². The third-order valence-electron chi connectivity index (χ3n) is 3.35. The van der Waals surface area contributed by atoms with Crippen molar-refractivity contribution >= 4 is 14.8 Å². The number of carbonyl (C=O) groups is 1. The van der Waals surface area contributed by atoms with Crippen molar-refractivity contribution in [1.29, 1.82) is 0 Å². The van der Waals surface area contributed by atoms with Crippen LogP contribution < -0.4 is 0 Å². The molecule has 2 heterocycles. The van der Waals surface area contributed by atoms with Crippen LogP contribution in [0.1, 0.15) is 27.2 Å². The Balaban J connectivity index is 2.27. The van der Waals surface area contributed by atoms with E-state index < -0.39 is 39.2 Å². The van der Waals surface area contributed by atoms with Gasteiger partial charge in [-0.3, -0.25) is 4.79 Å². The van der Waals surface area contributed by atoms with Gasteiger partial charge in [-0.2, -0.15) is 0 Å². The molecule has 2 aliphatic rings. The summed E-state index contributed by atoms with van der Waals surface area (Å²) in [5, 5.41) is 18.9. The zero-order valence-electron chi connectivity index (χ0n) is 10.1. The Morgan fingerprint density at radius 3 is 2.53 bits per heavy atom. The minimum absolute atomic E-state index is 0.00264. The molecule has 0 radical (unpaired) electrons. The maximum atomic E-state index is 11.1. The highest BCUT2D eigenvalue weighted by atomic mass is 28.4. The highest BCUT2D eigenvalue weighted by Gasteiger charge is 2.60. The number of carboxylic acids is 1. The van der Waals surface area contributed by atoms with Gasteiger partial charge in [0.1, 0.15) is 6.10 Å². The summed E-state index contributed by atoms with van der Waals surface area (Å²) in [6.45, 7) is 5.51. The fourth-order valence-electron chi connectivity index (χ4n) is 2.25. The van der Waals surface area contributed by atoms with E-state index in [-0.39, 0.29) is 12.0 Å². The minimum Gasteiger partial charge on any atom is -0.481 e. The number of hydrogen-bond donors (Lipinski definition) is 2. The lowest BCUT2D eigenvalue weighted by Gasteiger charge is -2.30. The minimum atomic E-state index is -2.94. The highest BCUT2D eigenvalue weighted by molar-refractivity contribution is 6.62. The summed E-state index contributed by atoms with van der Waals surface area (Å²) in [5.41, 5.74) is -0.00264. The van der Waals surface area contributed by atoms with Gasteiger partial charge >= 0.3 is 14.8 Å². The van der Waals surface area contributed by atoms with Crippen LogP contribution in [-0.4, -0.2) is 43.5 Å². The molecule has 17 heavy (non-hydrogen) atoms. The topological polar surface area (TPSA) is 85.2 Å². The number of rotatable bonds is 2. The predicted molar refractivity (Wildman–Crippen MR) is 59.1 cm³/mol. The van der Waals surface area contributed by atoms with Crippen LogP contribution in [0, 0.1) is 5.92 Å². The Morgan fingerprint density at radius 1 is 1.35 bits per heavy atom. The monoisotopic (exact) mass is 262 g/mol. The fourth-order valence-corrected chi connectivity index (χ4v) is 5.04. The number of hydrogen-bond acceptors (Lipinski definition) is 5. The van der Waals surface area contributed by atoms with Gasteiger partial charge in [0.15, 0.2) is 6.29 Å². The average molecular weight is 262 g/mol. The molecule has 2 saturated heterocycles. The molecule has 7 heteroatoms. The van der Waals surface area contributed by atoms with Crippen LogP contribution in [0.5, 0.6) is 0 Å². The van der Waals surface area contributed by atoms with E-state index in [9.17, 15) is 9.90 Å². The Hall–Kier alpha value is -0.473. The largest absolute Gasteiger partial charge is 0.506 e. The predicted octanol–water partition coefficient (Wildman–Crippen LogP) is 0.579. The molecule has 0 aliphatic carbocycles. The van der Waals surface area contributed by atoms with Crippen molar-refractivity contribution in [2.45, 2.75) is 51.2 Å². The van der Waals surface area contributed by atoms with Gasteiger partial charge < -0.3 is 23.5 Å². The number of aliphatic hydroxyl groups excluding tert-OH is 1. The van der Waals surface area contributed by atoms with Gasteiger partial charge in [-0.25, -0.2) is 0 Å². The zero-order valence-corrected chi connectivity index (χ0v) is 11.1. The molecule has 98 valence electrons. The third-order valence-corrected chi connectivity index (χ3v) is 6.66. The van der Waals surface area contributed by atoms with Gasteiger partial charge in [0.2, 0.25) is 0 Å². The first kappa shape index (κ1) is 13.0. The number of aliphatic carboxylic acids is 1. The molecular weight excluding hydrogens is 244 g/mol. The summed E-state index contributed by atoms with van der Waals surface area (Å²) in [6.07, 6.45) is -1.90.